The molecule has 0 saturated carbocycles. The molecule has 0 bridgehead atoms. The van der Waals surface area contributed by atoms with E-state index >= 15 is 0 Å². The Morgan fingerprint density at radius 2 is 1.40 bits per heavy atom. The van der Waals surface area contributed by atoms with Crippen LogP contribution in [0.5, 0.6) is 0 Å². The second-order valence-electron chi connectivity index (χ2n) is 1.76. The number of rotatable bonds is 1. The summed E-state index contributed by atoms with van der Waals surface area (Å²) >= 11 is 0. The van der Waals surface area contributed by atoms with Gasteiger partial charge in [-0.1, -0.05) is 0 Å². The first-order valence-electron chi connectivity index (χ1n) is 2.30. The molecule has 0 aliphatic rings. The predicted octanol–water partition coefficient (Wildman–Crippen LogP) is 2.00. The normalized spacial score (nSPS) is 17.1. The highest BCUT2D eigenvalue weighted by Crippen LogP contribution is 2.37. The highest BCUT2D eigenvalue weighted by molar-refractivity contribution is 4.80. The van der Waals surface area contributed by atoms with E-state index in [9.17, 15) is 27.1 Å². The third-order valence-corrected chi connectivity index (χ3v) is 0.889. The van der Waals surface area contributed by atoms with E-state index in [0.717, 1.165) is 0 Å². The van der Waals surface area contributed by atoms with Crippen LogP contribution in [0, 0.1) is 0 Å². The van der Waals surface area contributed by atoms with Gasteiger partial charge in [0, 0.05) is 0 Å². The second kappa shape index (κ2) is 2.34. The lowest BCUT2D eigenvalue weighted by molar-refractivity contribution is -0.317. The summed E-state index contributed by atoms with van der Waals surface area (Å²) in [6.07, 6.45) is -8.68. The second-order valence-corrected chi connectivity index (χ2v) is 1.76. The van der Waals surface area contributed by atoms with Gasteiger partial charge in [-0.2, -0.15) is 22.0 Å². The summed E-state index contributed by atoms with van der Waals surface area (Å²) in [5.74, 6) is -5.12. The molecule has 6 heteroatoms. The standard InChI is InChI=1S/C4H4F5O/c1-2(10)3(5,6)4(7,8)9/h2H,1H3. The van der Waals surface area contributed by atoms with E-state index in [4.69, 9.17) is 0 Å². The maximum Gasteiger partial charge on any atom is 0.456 e. The average Bonchev–Trinajstić information content (AvgIpc) is 1.62. The van der Waals surface area contributed by atoms with Gasteiger partial charge in [0.1, 0.15) is 0 Å². The van der Waals surface area contributed by atoms with E-state index in [2.05, 4.69) is 0 Å². The smallest absolute Gasteiger partial charge is 0.226 e. The molecule has 0 amide bonds. The molecule has 0 aromatic heterocycles. The predicted molar refractivity (Wildman–Crippen MR) is 21.2 cm³/mol. The van der Waals surface area contributed by atoms with Crippen LogP contribution in [-0.2, 0) is 5.11 Å². The van der Waals surface area contributed by atoms with Crippen LogP contribution < -0.4 is 0 Å². The molecule has 1 nitrogen and oxygen atoms in total. The zero-order valence-corrected chi connectivity index (χ0v) is 4.88. The molecular weight excluding hydrogens is 159 g/mol. The Labute approximate surface area is 53.5 Å². The van der Waals surface area contributed by atoms with Crippen molar-refractivity contribution in [1.82, 2.24) is 0 Å². The minimum absolute atomic E-state index is 0.271. The summed E-state index contributed by atoms with van der Waals surface area (Å²) in [6, 6.07) is 0. The van der Waals surface area contributed by atoms with Crippen molar-refractivity contribution in [2.75, 3.05) is 0 Å². The van der Waals surface area contributed by atoms with Crippen molar-refractivity contribution >= 4 is 0 Å². The SMILES string of the molecule is CC([O])C(F)(F)C(F)(F)F. The summed E-state index contributed by atoms with van der Waals surface area (Å²) in [5, 5.41) is 9.73. The summed E-state index contributed by atoms with van der Waals surface area (Å²) in [6.45, 7) is 0.271. The van der Waals surface area contributed by atoms with E-state index in [1.807, 2.05) is 0 Å². The number of halogens is 5. The van der Waals surface area contributed by atoms with Crippen LogP contribution in [0.4, 0.5) is 22.0 Å². The Bertz CT molecular complexity index is 115. The van der Waals surface area contributed by atoms with Gasteiger partial charge in [0.2, 0.25) is 0 Å². The quantitative estimate of drug-likeness (QED) is 0.527. The molecule has 1 unspecified atom stereocenters. The van der Waals surface area contributed by atoms with E-state index in [-0.39, 0.29) is 6.92 Å². The molecule has 61 valence electrons. The monoisotopic (exact) mass is 163 g/mol. The van der Waals surface area contributed by atoms with E-state index in [0.29, 0.717) is 0 Å². The number of alkyl halides is 5. The van der Waals surface area contributed by atoms with Crippen molar-refractivity contribution < 1.29 is 27.1 Å². The molecule has 0 aliphatic heterocycles. The van der Waals surface area contributed by atoms with E-state index in [1.165, 1.54) is 0 Å². The molecule has 0 fully saturated rings. The van der Waals surface area contributed by atoms with Crippen molar-refractivity contribution in [3.05, 3.63) is 0 Å². The maximum absolute atomic E-state index is 11.6. The fourth-order valence-electron chi connectivity index (χ4n) is 0.230. The molecule has 0 N–H and O–H groups in total. The van der Waals surface area contributed by atoms with Crippen LogP contribution in [-0.4, -0.2) is 18.2 Å². The minimum atomic E-state index is -5.73. The molecule has 0 heterocycles. The first-order chi connectivity index (χ1) is 4.19. The Morgan fingerprint density at radius 1 is 1.10 bits per heavy atom. The molecule has 0 aliphatic carbocycles. The van der Waals surface area contributed by atoms with Gasteiger partial charge in [0.15, 0.2) is 6.10 Å². The Hall–Kier alpha value is -0.390. The lowest BCUT2D eigenvalue weighted by atomic mass is 10.2. The molecule has 0 spiro atoms. The van der Waals surface area contributed by atoms with Crippen LogP contribution in [0.2, 0.25) is 0 Å². The highest BCUT2D eigenvalue weighted by atomic mass is 19.4. The summed E-state index contributed by atoms with van der Waals surface area (Å²) in [4.78, 5) is 0. The molecule has 0 saturated heterocycles. The Morgan fingerprint density at radius 3 is 1.40 bits per heavy atom. The zero-order chi connectivity index (χ0) is 8.58. The summed E-state index contributed by atoms with van der Waals surface area (Å²) in [7, 11) is 0. The molecule has 0 aromatic rings. The van der Waals surface area contributed by atoms with Gasteiger partial charge >= 0.3 is 12.1 Å². The van der Waals surface area contributed by atoms with Crippen LogP contribution in [0.15, 0.2) is 0 Å². The Kier molecular flexibility index (Phi) is 2.24. The first kappa shape index (κ1) is 9.61. The fraction of sp³-hybridized carbons (Fsp3) is 1.00. The van der Waals surface area contributed by atoms with Crippen LogP contribution in [0.25, 0.3) is 0 Å². The van der Waals surface area contributed by atoms with Gasteiger partial charge in [-0.15, -0.1) is 0 Å². The molecule has 1 atom stereocenters. The molecule has 0 rings (SSSR count). The summed E-state index contributed by atoms with van der Waals surface area (Å²) in [5.41, 5.74) is 0. The third-order valence-electron chi connectivity index (χ3n) is 0.889. The van der Waals surface area contributed by atoms with Crippen molar-refractivity contribution in [3.63, 3.8) is 0 Å². The van der Waals surface area contributed by atoms with Gasteiger partial charge in [-0.05, 0) is 6.92 Å². The largest absolute Gasteiger partial charge is 0.456 e. The first-order valence-corrected chi connectivity index (χ1v) is 2.30. The fourth-order valence-corrected chi connectivity index (χ4v) is 0.230. The van der Waals surface area contributed by atoms with Crippen molar-refractivity contribution in [2.45, 2.75) is 25.1 Å². The lowest BCUT2D eigenvalue weighted by Crippen LogP contribution is -2.44. The lowest BCUT2D eigenvalue weighted by Gasteiger charge is -2.20. The third kappa shape index (κ3) is 1.56. The van der Waals surface area contributed by atoms with Crippen molar-refractivity contribution in [3.8, 4) is 0 Å². The van der Waals surface area contributed by atoms with Gasteiger partial charge < -0.3 is 0 Å². The van der Waals surface area contributed by atoms with Gasteiger partial charge in [0.05, 0.1) is 0 Å². The highest BCUT2D eigenvalue weighted by Gasteiger charge is 2.61. The van der Waals surface area contributed by atoms with Gasteiger partial charge in [-0.25, -0.2) is 5.11 Å². The number of hydrogen-bond donors (Lipinski definition) is 0. The molecule has 1 radical (unpaired) electrons. The van der Waals surface area contributed by atoms with Crippen molar-refractivity contribution in [1.29, 1.82) is 0 Å². The van der Waals surface area contributed by atoms with Crippen LogP contribution in [0.1, 0.15) is 6.92 Å². The van der Waals surface area contributed by atoms with E-state index < -0.39 is 18.2 Å². The average molecular weight is 163 g/mol. The Balaban J connectivity index is 4.40. The molecular formula is C4H4F5O. The summed E-state index contributed by atoms with van der Waals surface area (Å²) < 4.78 is 56.6. The molecule has 0 aromatic carbocycles. The van der Waals surface area contributed by atoms with Gasteiger partial charge in [-0.3, -0.25) is 0 Å². The van der Waals surface area contributed by atoms with Crippen molar-refractivity contribution in [2.24, 2.45) is 0 Å². The van der Waals surface area contributed by atoms with Crippen LogP contribution in [0.3, 0.4) is 0 Å². The van der Waals surface area contributed by atoms with E-state index in [1.54, 1.807) is 0 Å². The van der Waals surface area contributed by atoms with Crippen LogP contribution >= 0.6 is 0 Å². The maximum atomic E-state index is 11.6. The number of hydrogen-bond acceptors (Lipinski definition) is 0. The minimum Gasteiger partial charge on any atom is -0.226 e. The molecule has 10 heavy (non-hydrogen) atoms. The topological polar surface area (TPSA) is 19.9 Å². The van der Waals surface area contributed by atoms with Gasteiger partial charge in [0.25, 0.3) is 0 Å². The zero-order valence-electron chi connectivity index (χ0n) is 4.88.